The Morgan fingerprint density at radius 1 is 0.434 bits per heavy atom. The van der Waals surface area contributed by atoms with Gasteiger partial charge in [0.05, 0.1) is 26.9 Å². The lowest BCUT2D eigenvalue weighted by Crippen LogP contribution is -2.16. The highest BCUT2D eigenvalue weighted by atomic mass is 79.9. The van der Waals surface area contributed by atoms with Gasteiger partial charge >= 0.3 is 0 Å². The Bertz CT molecular complexity index is 1040. The molecule has 4 nitrogen and oxygen atoms in total. The van der Waals surface area contributed by atoms with Crippen molar-refractivity contribution in [3.63, 3.8) is 0 Å². The summed E-state index contributed by atoms with van der Waals surface area (Å²) < 4.78 is 20.9. The van der Waals surface area contributed by atoms with Crippen LogP contribution in [0.5, 0.6) is 11.5 Å². The van der Waals surface area contributed by atoms with E-state index in [0.717, 1.165) is 43.9 Å². The van der Waals surface area contributed by atoms with Gasteiger partial charge in [-0.3, -0.25) is 0 Å². The van der Waals surface area contributed by atoms with Gasteiger partial charge in [0, 0.05) is 0 Å². The Hall–Kier alpha value is -0.400. The maximum atomic E-state index is 6.88. The van der Waals surface area contributed by atoms with Crippen LogP contribution < -0.4 is 9.47 Å². The second-order valence-corrected chi connectivity index (χ2v) is 18.6. The molecule has 0 bridgehead atoms. The van der Waals surface area contributed by atoms with Gasteiger partial charge in [0.25, 0.3) is 0 Å². The first-order valence-corrected chi connectivity index (χ1v) is 25.3. The van der Waals surface area contributed by atoms with E-state index in [1.807, 2.05) is 0 Å². The number of aromatic nitrogens is 2. The zero-order valence-electron chi connectivity index (χ0n) is 35.1. The summed E-state index contributed by atoms with van der Waals surface area (Å²) in [5, 5.41) is 4.49. The van der Waals surface area contributed by atoms with Crippen LogP contribution in [0.15, 0.2) is 8.95 Å². The number of halogens is 2. The van der Waals surface area contributed by atoms with E-state index in [1.54, 1.807) is 0 Å². The fraction of sp³-hybridized carbons (Fsp3) is 0.870. The molecule has 0 fully saturated rings. The average molecular weight is 887 g/mol. The minimum atomic E-state index is 0.562. The van der Waals surface area contributed by atoms with Crippen molar-refractivity contribution in [3.8, 4) is 11.5 Å². The summed E-state index contributed by atoms with van der Waals surface area (Å²) in [7, 11) is 0. The quantitative estimate of drug-likeness (QED) is 0.0630. The summed E-state index contributed by atoms with van der Waals surface area (Å²) in [6.45, 7) is 10.7. The van der Waals surface area contributed by atoms with E-state index in [4.69, 9.17) is 9.47 Å². The molecule has 0 radical (unpaired) electrons. The van der Waals surface area contributed by atoms with E-state index in [-0.39, 0.29) is 0 Å². The number of benzene rings is 1. The molecule has 0 saturated carbocycles. The van der Waals surface area contributed by atoms with Crippen molar-refractivity contribution in [2.75, 3.05) is 13.2 Å². The third kappa shape index (κ3) is 22.2. The highest BCUT2D eigenvalue weighted by Crippen LogP contribution is 2.48. The highest BCUT2D eigenvalue weighted by molar-refractivity contribution is 9.11. The molecule has 7 heteroatoms. The minimum Gasteiger partial charge on any atom is -0.488 e. The SMILES string of the molecule is CCCCCCCCCCC(CCCCCCCC)COc1c(OCC(CCCCCCCC)CCCCCCCCCC)c(Br)c2snnc2c1Br. The van der Waals surface area contributed by atoms with Crippen molar-refractivity contribution >= 4 is 53.6 Å². The van der Waals surface area contributed by atoms with Crippen LogP contribution in [0.4, 0.5) is 0 Å². The Balaban J connectivity index is 2.10. The summed E-state index contributed by atoms with van der Waals surface area (Å²) in [6, 6.07) is 0. The molecule has 53 heavy (non-hydrogen) atoms. The Kier molecular flexibility index (Phi) is 31.0. The molecule has 0 spiro atoms. The van der Waals surface area contributed by atoms with Crippen LogP contribution in [0.2, 0.25) is 0 Å². The van der Waals surface area contributed by atoms with Crippen molar-refractivity contribution in [1.82, 2.24) is 9.59 Å². The van der Waals surface area contributed by atoms with Gasteiger partial charge in [0.15, 0.2) is 11.5 Å². The molecule has 1 aromatic heterocycles. The van der Waals surface area contributed by atoms with Crippen LogP contribution in [-0.2, 0) is 0 Å². The van der Waals surface area contributed by atoms with E-state index in [1.165, 1.54) is 217 Å². The predicted molar refractivity (Wildman–Crippen MR) is 241 cm³/mol. The first kappa shape index (κ1) is 48.7. The Labute approximate surface area is 349 Å². The van der Waals surface area contributed by atoms with Gasteiger partial charge in [0.2, 0.25) is 0 Å². The summed E-state index contributed by atoms with van der Waals surface area (Å²) in [5.74, 6) is 2.78. The molecule has 0 amide bonds. The third-order valence-electron chi connectivity index (χ3n) is 11.3. The largest absolute Gasteiger partial charge is 0.488 e. The minimum absolute atomic E-state index is 0.562. The smallest absolute Gasteiger partial charge is 0.178 e. The van der Waals surface area contributed by atoms with Crippen molar-refractivity contribution < 1.29 is 9.47 Å². The van der Waals surface area contributed by atoms with E-state index in [0.29, 0.717) is 11.8 Å². The average Bonchev–Trinajstić information content (AvgIpc) is 3.67. The zero-order chi connectivity index (χ0) is 38.2. The monoisotopic (exact) mass is 884 g/mol. The fourth-order valence-corrected chi connectivity index (χ4v) is 9.74. The fourth-order valence-electron chi connectivity index (χ4n) is 7.73. The van der Waals surface area contributed by atoms with Crippen molar-refractivity contribution in [1.29, 1.82) is 0 Å². The summed E-state index contributed by atoms with van der Waals surface area (Å²) in [5.41, 5.74) is 0.863. The second kappa shape index (κ2) is 33.7. The molecule has 0 N–H and O–H groups in total. The van der Waals surface area contributed by atoms with Crippen LogP contribution in [0.3, 0.4) is 0 Å². The highest BCUT2D eigenvalue weighted by Gasteiger charge is 2.25. The number of hydrogen-bond donors (Lipinski definition) is 0. The maximum absolute atomic E-state index is 6.88. The van der Waals surface area contributed by atoms with Crippen molar-refractivity contribution in [2.45, 2.75) is 233 Å². The zero-order valence-corrected chi connectivity index (χ0v) is 39.1. The first-order valence-electron chi connectivity index (χ1n) is 23.0. The van der Waals surface area contributed by atoms with Gasteiger partial charge < -0.3 is 9.47 Å². The number of fused-ring (bicyclic) bond motifs is 1. The number of unbranched alkanes of at least 4 members (excludes halogenated alkanes) is 24. The van der Waals surface area contributed by atoms with Gasteiger partial charge in [-0.1, -0.05) is 212 Å². The standard InChI is InChI=1S/C46H82Br2N2O2S/c1-5-9-13-17-21-23-27-31-35-39(33-29-25-19-15-11-7-3)37-51-44-41(47)43-46(53-50-49-43)42(48)45(44)52-38-40(34-30-26-20-16-12-8-4)36-32-28-24-22-18-14-10-6-2/h39-40H,5-38H2,1-4H3. The lowest BCUT2D eigenvalue weighted by Gasteiger charge is -2.23. The lowest BCUT2D eigenvalue weighted by molar-refractivity contribution is 0.191. The van der Waals surface area contributed by atoms with Crippen LogP contribution in [0, 0.1) is 11.8 Å². The summed E-state index contributed by atoms with van der Waals surface area (Å²) >= 11 is 9.30. The van der Waals surface area contributed by atoms with E-state index in [9.17, 15) is 0 Å². The van der Waals surface area contributed by atoms with Gasteiger partial charge in [-0.15, -0.1) is 5.10 Å². The summed E-state index contributed by atoms with van der Waals surface area (Å²) in [6.07, 6.45) is 43.0. The molecule has 2 rings (SSSR count). The van der Waals surface area contributed by atoms with Gasteiger partial charge in [0.1, 0.15) is 5.52 Å². The Morgan fingerprint density at radius 3 is 1.08 bits per heavy atom. The molecule has 1 aromatic carbocycles. The van der Waals surface area contributed by atoms with Crippen molar-refractivity contribution in [2.24, 2.45) is 11.8 Å². The van der Waals surface area contributed by atoms with E-state index in [2.05, 4.69) is 69.1 Å². The van der Waals surface area contributed by atoms with Gasteiger partial charge in [-0.05, 0) is 80.9 Å². The summed E-state index contributed by atoms with van der Waals surface area (Å²) in [4.78, 5) is 0. The molecular weight excluding hydrogens is 804 g/mol. The second-order valence-electron chi connectivity index (χ2n) is 16.2. The molecule has 0 aliphatic carbocycles. The molecular formula is C46H82Br2N2O2S. The first-order chi connectivity index (χ1) is 26.1. The normalized spacial score (nSPS) is 12.9. The van der Waals surface area contributed by atoms with Crippen LogP contribution >= 0.6 is 43.4 Å². The number of rotatable bonds is 38. The Morgan fingerprint density at radius 2 is 0.736 bits per heavy atom. The van der Waals surface area contributed by atoms with Crippen LogP contribution in [0.25, 0.3) is 10.2 Å². The maximum Gasteiger partial charge on any atom is 0.178 e. The molecule has 0 aliphatic heterocycles. The van der Waals surface area contributed by atoms with E-state index < -0.39 is 0 Å². The molecule has 2 aromatic rings. The third-order valence-corrected chi connectivity index (χ3v) is 13.8. The molecule has 0 saturated heterocycles. The topological polar surface area (TPSA) is 44.2 Å². The van der Waals surface area contributed by atoms with Gasteiger partial charge in [-0.2, -0.15) is 0 Å². The number of ether oxygens (including phenoxy) is 2. The molecule has 1 heterocycles. The molecule has 2 atom stereocenters. The molecule has 0 aliphatic rings. The van der Waals surface area contributed by atoms with Crippen LogP contribution in [0.1, 0.15) is 233 Å². The number of hydrogen-bond acceptors (Lipinski definition) is 5. The molecule has 2 unspecified atom stereocenters. The molecule has 308 valence electrons. The lowest BCUT2D eigenvalue weighted by atomic mass is 9.94. The van der Waals surface area contributed by atoms with Crippen LogP contribution in [-0.4, -0.2) is 22.8 Å². The predicted octanol–water partition coefficient (Wildman–Crippen LogP) is 17.8. The van der Waals surface area contributed by atoms with Crippen molar-refractivity contribution in [3.05, 3.63) is 8.95 Å². The number of nitrogens with zero attached hydrogens (tertiary/aromatic N) is 2. The van der Waals surface area contributed by atoms with E-state index >= 15 is 0 Å². The van der Waals surface area contributed by atoms with Gasteiger partial charge in [-0.25, -0.2) is 0 Å².